The van der Waals surface area contributed by atoms with Crippen molar-refractivity contribution in [2.75, 3.05) is 12.4 Å². The number of amides is 1. The minimum atomic E-state index is -0.789. The van der Waals surface area contributed by atoms with Crippen LogP contribution in [0, 0.1) is 0 Å². The third-order valence-corrected chi connectivity index (χ3v) is 4.41. The Labute approximate surface area is 146 Å². The standard InChI is InChI=1S/C20H20N2O3/c1-20(2,15-12-21-16-10-6-4-8-13(15)16)19(24)22-17-11-7-5-9-14(17)18(23)25-3/h4-12,21H,1-3H3,(H,22,24). The van der Waals surface area contributed by atoms with Crippen molar-refractivity contribution in [2.24, 2.45) is 0 Å². The van der Waals surface area contributed by atoms with E-state index in [0.29, 0.717) is 11.3 Å². The number of methoxy groups -OCH3 is 1. The van der Waals surface area contributed by atoms with E-state index >= 15 is 0 Å². The normalized spacial score (nSPS) is 11.3. The summed E-state index contributed by atoms with van der Waals surface area (Å²) in [4.78, 5) is 28.1. The van der Waals surface area contributed by atoms with Gasteiger partial charge in [-0.15, -0.1) is 0 Å². The number of esters is 1. The molecule has 0 saturated carbocycles. The summed E-state index contributed by atoms with van der Waals surface area (Å²) >= 11 is 0. The molecular formula is C20H20N2O3. The van der Waals surface area contributed by atoms with Crippen molar-refractivity contribution >= 4 is 28.5 Å². The molecule has 1 aromatic heterocycles. The minimum Gasteiger partial charge on any atom is -0.465 e. The topological polar surface area (TPSA) is 71.2 Å². The molecule has 2 N–H and O–H groups in total. The highest BCUT2D eigenvalue weighted by atomic mass is 16.5. The molecule has 0 bridgehead atoms. The van der Waals surface area contributed by atoms with E-state index in [1.54, 1.807) is 24.3 Å². The lowest BCUT2D eigenvalue weighted by Crippen LogP contribution is -2.35. The molecule has 5 heteroatoms. The van der Waals surface area contributed by atoms with E-state index in [9.17, 15) is 9.59 Å². The van der Waals surface area contributed by atoms with E-state index < -0.39 is 11.4 Å². The Morgan fingerprint density at radius 2 is 1.72 bits per heavy atom. The number of nitrogens with one attached hydrogen (secondary N) is 2. The Kier molecular flexibility index (Phi) is 4.31. The zero-order chi connectivity index (χ0) is 18.0. The van der Waals surface area contributed by atoms with Gasteiger partial charge in [-0.3, -0.25) is 4.79 Å². The predicted octanol–water partition coefficient (Wildman–Crippen LogP) is 3.87. The van der Waals surface area contributed by atoms with Crippen molar-refractivity contribution in [3.8, 4) is 0 Å². The number of carbonyl (C=O) groups excluding carboxylic acids is 2. The lowest BCUT2D eigenvalue weighted by Gasteiger charge is -2.24. The molecule has 0 aliphatic heterocycles. The van der Waals surface area contributed by atoms with Gasteiger partial charge >= 0.3 is 5.97 Å². The summed E-state index contributed by atoms with van der Waals surface area (Å²) in [6, 6.07) is 14.7. The van der Waals surface area contributed by atoms with Gasteiger partial charge in [-0.25, -0.2) is 4.79 Å². The highest BCUT2D eigenvalue weighted by Gasteiger charge is 2.32. The van der Waals surface area contributed by atoms with Crippen LogP contribution in [0.4, 0.5) is 5.69 Å². The number of benzene rings is 2. The second kappa shape index (κ2) is 6.43. The van der Waals surface area contributed by atoms with Gasteiger partial charge in [0, 0.05) is 17.1 Å². The maximum Gasteiger partial charge on any atom is 0.339 e. The van der Waals surface area contributed by atoms with Crippen LogP contribution < -0.4 is 5.32 Å². The summed E-state index contributed by atoms with van der Waals surface area (Å²) in [6.07, 6.45) is 1.86. The Morgan fingerprint density at radius 1 is 1.04 bits per heavy atom. The largest absolute Gasteiger partial charge is 0.465 e. The van der Waals surface area contributed by atoms with Crippen molar-refractivity contribution in [2.45, 2.75) is 19.3 Å². The van der Waals surface area contributed by atoms with Crippen molar-refractivity contribution in [3.05, 3.63) is 65.9 Å². The first-order chi connectivity index (χ1) is 11.9. The van der Waals surface area contributed by atoms with Gasteiger partial charge in [-0.1, -0.05) is 30.3 Å². The number of ether oxygens (including phenoxy) is 1. The Balaban J connectivity index is 1.94. The second-order valence-corrected chi connectivity index (χ2v) is 6.36. The van der Waals surface area contributed by atoms with Gasteiger partial charge in [-0.2, -0.15) is 0 Å². The smallest absolute Gasteiger partial charge is 0.339 e. The highest BCUT2D eigenvalue weighted by molar-refractivity contribution is 6.06. The number of aromatic nitrogens is 1. The lowest BCUT2D eigenvalue weighted by atomic mass is 9.83. The zero-order valence-corrected chi connectivity index (χ0v) is 14.4. The zero-order valence-electron chi connectivity index (χ0n) is 14.4. The van der Waals surface area contributed by atoms with Crippen LogP contribution in [-0.2, 0) is 14.9 Å². The van der Waals surface area contributed by atoms with Crippen LogP contribution in [0.3, 0.4) is 0 Å². The first-order valence-electron chi connectivity index (χ1n) is 8.00. The Hall–Kier alpha value is -3.08. The minimum absolute atomic E-state index is 0.200. The summed E-state index contributed by atoms with van der Waals surface area (Å²) in [5, 5.41) is 3.87. The number of anilines is 1. The molecule has 1 heterocycles. The fraction of sp³-hybridized carbons (Fsp3) is 0.200. The lowest BCUT2D eigenvalue weighted by molar-refractivity contribution is -0.120. The van der Waals surface area contributed by atoms with Crippen LogP contribution in [-0.4, -0.2) is 24.0 Å². The molecule has 25 heavy (non-hydrogen) atoms. The van der Waals surface area contributed by atoms with E-state index in [2.05, 4.69) is 10.3 Å². The van der Waals surface area contributed by atoms with Crippen LogP contribution in [0.5, 0.6) is 0 Å². The first kappa shape index (κ1) is 16.8. The average Bonchev–Trinajstić information content (AvgIpc) is 3.06. The second-order valence-electron chi connectivity index (χ2n) is 6.36. The number of carbonyl (C=O) groups is 2. The van der Waals surface area contributed by atoms with Gasteiger partial charge in [0.05, 0.1) is 23.8 Å². The summed E-state index contributed by atoms with van der Waals surface area (Å²) < 4.78 is 4.78. The first-order valence-corrected chi connectivity index (χ1v) is 8.00. The molecule has 3 aromatic rings. The molecule has 0 fully saturated rings. The summed E-state index contributed by atoms with van der Waals surface area (Å²) in [5.41, 5.74) is 1.85. The summed E-state index contributed by atoms with van der Waals surface area (Å²) in [7, 11) is 1.32. The number of hydrogen-bond acceptors (Lipinski definition) is 3. The van der Waals surface area contributed by atoms with Crippen molar-refractivity contribution in [1.82, 2.24) is 4.98 Å². The molecule has 0 aliphatic carbocycles. The molecule has 2 aromatic carbocycles. The number of rotatable bonds is 4. The summed E-state index contributed by atoms with van der Waals surface area (Å²) in [5.74, 6) is -0.686. The maximum absolute atomic E-state index is 13.0. The van der Waals surface area contributed by atoms with Gasteiger partial charge in [0.2, 0.25) is 5.91 Å². The van der Waals surface area contributed by atoms with Gasteiger partial charge in [-0.05, 0) is 37.6 Å². The van der Waals surface area contributed by atoms with E-state index in [4.69, 9.17) is 4.74 Å². The molecule has 0 saturated heterocycles. The molecule has 0 spiro atoms. The van der Waals surface area contributed by atoms with Crippen LogP contribution in [0.25, 0.3) is 10.9 Å². The van der Waals surface area contributed by atoms with Crippen molar-refractivity contribution in [3.63, 3.8) is 0 Å². The fourth-order valence-electron chi connectivity index (χ4n) is 2.87. The Morgan fingerprint density at radius 3 is 2.48 bits per heavy atom. The molecule has 0 aliphatic rings. The van der Waals surface area contributed by atoms with Crippen molar-refractivity contribution < 1.29 is 14.3 Å². The molecule has 0 atom stereocenters. The van der Waals surface area contributed by atoms with Crippen LogP contribution in [0.2, 0.25) is 0 Å². The molecule has 3 rings (SSSR count). The SMILES string of the molecule is COC(=O)c1ccccc1NC(=O)C(C)(C)c1c[nH]c2ccccc12. The van der Waals surface area contributed by atoms with Crippen LogP contribution in [0.15, 0.2) is 54.7 Å². The van der Waals surface area contributed by atoms with Gasteiger partial charge in [0.15, 0.2) is 0 Å². The number of hydrogen-bond donors (Lipinski definition) is 2. The number of aromatic amines is 1. The third kappa shape index (κ3) is 3.01. The molecule has 5 nitrogen and oxygen atoms in total. The van der Waals surface area contributed by atoms with Crippen molar-refractivity contribution in [1.29, 1.82) is 0 Å². The summed E-state index contributed by atoms with van der Waals surface area (Å²) in [6.45, 7) is 3.72. The molecule has 128 valence electrons. The fourth-order valence-corrected chi connectivity index (χ4v) is 2.87. The van der Waals surface area contributed by atoms with E-state index in [1.807, 2.05) is 44.3 Å². The van der Waals surface area contributed by atoms with Crippen LogP contribution >= 0.6 is 0 Å². The molecule has 0 unspecified atom stereocenters. The third-order valence-electron chi connectivity index (χ3n) is 4.41. The highest BCUT2D eigenvalue weighted by Crippen LogP contribution is 2.32. The monoisotopic (exact) mass is 336 g/mol. The molecule has 0 radical (unpaired) electrons. The quantitative estimate of drug-likeness (QED) is 0.711. The maximum atomic E-state index is 13.0. The van der Waals surface area contributed by atoms with E-state index in [0.717, 1.165) is 16.5 Å². The molecule has 1 amide bonds. The number of para-hydroxylation sites is 2. The van der Waals surface area contributed by atoms with Gasteiger partial charge in [0.1, 0.15) is 0 Å². The predicted molar refractivity (Wildman–Crippen MR) is 97.7 cm³/mol. The van der Waals surface area contributed by atoms with Gasteiger partial charge in [0.25, 0.3) is 0 Å². The Bertz CT molecular complexity index is 941. The average molecular weight is 336 g/mol. The molecular weight excluding hydrogens is 316 g/mol. The number of H-pyrrole nitrogens is 1. The van der Waals surface area contributed by atoms with Crippen LogP contribution in [0.1, 0.15) is 29.8 Å². The van der Waals surface area contributed by atoms with E-state index in [1.165, 1.54) is 7.11 Å². The number of fused-ring (bicyclic) bond motifs is 1. The van der Waals surface area contributed by atoms with E-state index in [-0.39, 0.29) is 5.91 Å². The van der Waals surface area contributed by atoms with Gasteiger partial charge < -0.3 is 15.0 Å².